The number of carbonyl (C=O) groups is 1. The maximum Gasteiger partial charge on any atom is 0.258 e. The summed E-state index contributed by atoms with van der Waals surface area (Å²) >= 11 is 5.98. The molecule has 0 saturated carbocycles. The Bertz CT molecular complexity index is 991. The van der Waals surface area contributed by atoms with Gasteiger partial charge in [-0.2, -0.15) is 0 Å². The van der Waals surface area contributed by atoms with Gasteiger partial charge in [-0.15, -0.1) is 0 Å². The third kappa shape index (κ3) is 5.67. The lowest BCUT2D eigenvalue weighted by atomic mass is 10.1. The highest BCUT2D eigenvalue weighted by molar-refractivity contribution is 6.32. The van der Waals surface area contributed by atoms with Gasteiger partial charge in [-0.1, -0.05) is 65.9 Å². The minimum Gasteiger partial charge on any atom is -0.484 e. The van der Waals surface area contributed by atoms with Crippen LogP contribution in [0, 0.1) is 11.8 Å². The van der Waals surface area contributed by atoms with Crippen LogP contribution in [0.5, 0.6) is 11.5 Å². The van der Waals surface area contributed by atoms with Crippen LogP contribution in [0.25, 0.3) is 10.8 Å². The van der Waals surface area contributed by atoms with Gasteiger partial charge in [0.25, 0.3) is 5.91 Å². The van der Waals surface area contributed by atoms with Crippen LogP contribution in [-0.2, 0) is 4.79 Å². The smallest absolute Gasteiger partial charge is 0.258 e. The Kier molecular flexibility index (Phi) is 6.56. The summed E-state index contributed by atoms with van der Waals surface area (Å²) in [5.41, 5.74) is 0. The van der Waals surface area contributed by atoms with E-state index in [9.17, 15) is 4.79 Å². The van der Waals surface area contributed by atoms with Gasteiger partial charge in [0.15, 0.2) is 6.61 Å². The van der Waals surface area contributed by atoms with Crippen molar-refractivity contribution in [3.8, 4) is 23.3 Å². The molecule has 0 saturated heterocycles. The molecule has 0 unspecified atom stereocenters. The van der Waals surface area contributed by atoms with Crippen molar-refractivity contribution in [2.45, 2.75) is 0 Å². The molecule has 0 aromatic heterocycles. The highest BCUT2D eigenvalue weighted by Crippen LogP contribution is 2.22. The molecule has 0 spiro atoms. The van der Waals surface area contributed by atoms with Crippen LogP contribution in [0.1, 0.15) is 0 Å². The summed E-state index contributed by atoms with van der Waals surface area (Å²) in [5.74, 6) is 6.65. The number of rotatable bonds is 6. The molecule has 5 heteroatoms. The van der Waals surface area contributed by atoms with E-state index in [0.717, 1.165) is 10.8 Å². The topological polar surface area (TPSA) is 47.6 Å². The second-order valence-electron chi connectivity index (χ2n) is 5.65. The number of nitrogens with one attached hydrogen (secondary N) is 1. The SMILES string of the molecule is O=C(COc1ccc2ccccc2c1)NCC#CCOc1ccccc1Cl. The molecule has 3 rings (SSSR count). The molecular formula is C22H18ClNO3. The maximum atomic E-state index is 11.8. The molecule has 3 aromatic carbocycles. The fraction of sp³-hybridized carbons (Fsp3) is 0.136. The molecule has 0 radical (unpaired) electrons. The minimum atomic E-state index is -0.232. The largest absolute Gasteiger partial charge is 0.484 e. The van der Waals surface area contributed by atoms with Crippen molar-refractivity contribution in [2.24, 2.45) is 0 Å². The van der Waals surface area contributed by atoms with Crippen molar-refractivity contribution in [3.63, 3.8) is 0 Å². The van der Waals surface area contributed by atoms with E-state index < -0.39 is 0 Å². The lowest BCUT2D eigenvalue weighted by Crippen LogP contribution is -2.29. The predicted molar refractivity (Wildman–Crippen MR) is 107 cm³/mol. The van der Waals surface area contributed by atoms with E-state index in [-0.39, 0.29) is 25.7 Å². The monoisotopic (exact) mass is 379 g/mol. The molecule has 3 aromatic rings. The number of amides is 1. The number of benzene rings is 3. The van der Waals surface area contributed by atoms with Crippen molar-refractivity contribution >= 4 is 28.3 Å². The molecule has 4 nitrogen and oxygen atoms in total. The summed E-state index contributed by atoms with van der Waals surface area (Å²) in [6, 6.07) is 20.9. The van der Waals surface area contributed by atoms with Gasteiger partial charge in [0, 0.05) is 0 Å². The van der Waals surface area contributed by atoms with Crippen molar-refractivity contribution < 1.29 is 14.3 Å². The molecule has 0 bridgehead atoms. The number of fused-ring (bicyclic) bond motifs is 1. The zero-order valence-electron chi connectivity index (χ0n) is 14.6. The number of hydrogen-bond acceptors (Lipinski definition) is 3. The van der Waals surface area contributed by atoms with Crippen LogP contribution in [0.2, 0.25) is 5.02 Å². The summed E-state index contributed by atoms with van der Waals surface area (Å²) < 4.78 is 11.0. The number of halogens is 1. The molecule has 0 heterocycles. The zero-order valence-corrected chi connectivity index (χ0v) is 15.3. The third-order valence-corrected chi connectivity index (χ3v) is 4.04. The fourth-order valence-electron chi connectivity index (χ4n) is 2.39. The quantitative estimate of drug-likeness (QED) is 0.657. The zero-order chi connectivity index (χ0) is 18.9. The van der Waals surface area contributed by atoms with Gasteiger partial charge in [0.1, 0.15) is 18.1 Å². The van der Waals surface area contributed by atoms with Gasteiger partial charge in [-0.05, 0) is 35.0 Å². The second-order valence-corrected chi connectivity index (χ2v) is 6.05. The van der Waals surface area contributed by atoms with Gasteiger partial charge >= 0.3 is 0 Å². The average Bonchev–Trinajstić information content (AvgIpc) is 2.70. The first-order chi connectivity index (χ1) is 13.2. The Balaban J connectivity index is 1.38. The van der Waals surface area contributed by atoms with Crippen LogP contribution in [0.4, 0.5) is 0 Å². The predicted octanol–water partition coefficient (Wildman–Crippen LogP) is 4.07. The number of hydrogen-bond donors (Lipinski definition) is 1. The van der Waals surface area contributed by atoms with E-state index in [1.807, 2.05) is 54.6 Å². The summed E-state index contributed by atoms with van der Waals surface area (Å²) in [6.07, 6.45) is 0. The number of carbonyl (C=O) groups excluding carboxylic acids is 1. The van der Waals surface area contributed by atoms with Crippen LogP contribution < -0.4 is 14.8 Å². The first-order valence-corrected chi connectivity index (χ1v) is 8.81. The van der Waals surface area contributed by atoms with E-state index in [0.29, 0.717) is 16.5 Å². The highest BCUT2D eigenvalue weighted by Gasteiger charge is 2.02. The van der Waals surface area contributed by atoms with Crippen LogP contribution in [-0.4, -0.2) is 25.7 Å². The van der Waals surface area contributed by atoms with Crippen LogP contribution in [0.3, 0.4) is 0 Å². The van der Waals surface area contributed by atoms with E-state index in [1.165, 1.54) is 0 Å². The second kappa shape index (κ2) is 9.51. The Hall–Kier alpha value is -3.16. The summed E-state index contributed by atoms with van der Waals surface area (Å²) in [4.78, 5) is 11.8. The Morgan fingerprint density at radius 3 is 2.56 bits per heavy atom. The normalized spacial score (nSPS) is 9.96. The van der Waals surface area contributed by atoms with Gasteiger partial charge in [-0.3, -0.25) is 4.79 Å². The van der Waals surface area contributed by atoms with Crippen molar-refractivity contribution in [3.05, 3.63) is 71.8 Å². The maximum absolute atomic E-state index is 11.8. The lowest BCUT2D eigenvalue weighted by molar-refractivity contribution is -0.122. The lowest BCUT2D eigenvalue weighted by Gasteiger charge is -2.07. The third-order valence-electron chi connectivity index (χ3n) is 3.73. The summed E-state index contributed by atoms with van der Waals surface area (Å²) in [5, 5.41) is 5.42. The summed E-state index contributed by atoms with van der Waals surface area (Å²) in [7, 11) is 0. The molecule has 1 amide bonds. The van der Waals surface area contributed by atoms with Crippen LogP contribution >= 0.6 is 11.6 Å². The molecule has 0 aliphatic heterocycles. The Morgan fingerprint density at radius 1 is 0.926 bits per heavy atom. The molecule has 0 aliphatic rings. The Labute approximate surface area is 163 Å². The molecule has 136 valence electrons. The van der Waals surface area contributed by atoms with E-state index in [1.54, 1.807) is 12.1 Å². The molecule has 0 atom stereocenters. The Morgan fingerprint density at radius 2 is 1.70 bits per heavy atom. The molecule has 27 heavy (non-hydrogen) atoms. The van der Waals surface area contributed by atoms with Gasteiger partial charge in [-0.25, -0.2) is 0 Å². The molecular weight excluding hydrogens is 362 g/mol. The van der Waals surface area contributed by atoms with E-state index >= 15 is 0 Å². The first-order valence-electron chi connectivity index (χ1n) is 8.44. The summed E-state index contributed by atoms with van der Waals surface area (Å²) in [6.45, 7) is 0.370. The van der Waals surface area contributed by atoms with E-state index in [4.69, 9.17) is 21.1 Å². The van der Waals surface area contributed by atoms with E-state index in [2.05, 4.69) is 17.2 Å². The first kappa shape index (κ1) is 18.6. The average molecular weight is 380 g/mol. The van der Waals surface area contributed by atoms with Gasteiger partial charge in [0.05, 0.1) is 11.6 Å². The molecule has 0 aliphatic carbocycles. The number of para-hydroxylation sites is 1. The molecule has 1 N–H and O–H groups in total. The highest BCUT2D eigenvalue weighted by atomic mass is 35.5. The fourth-order valence-corrected chi connectivity index (χ4v) is 2.58. The van der Waals surface area contributed by atoms with Crippen molar-refractivity contribution in [1.82, 2.24) is 5.32 Å². The van der Waals surface area contributed by atoms with Crippen molar-refractivity contribution in [1.29, 1.82) is 0 Å². The standard InChI is InChI=1S/C22H18ClNO3/c23-20-9-3-4-10-21(20)26-14-6-5-13-24-22(25)16-27-19-12-11-17-7-1-2-8-18(17)15-19/h1-4,7-12,15H,13-14,16H2,(H,24,25). The van der Waals surface area contributed by atoms with Gasteiger partial charge < -0.3 is 14.8 Å². The van der Waals surface area contributed by atoms with Gasteiger partial charge in [0.2, 0.25) is 0 Å². The molecule has 0 fully saturated rings. The minimum absolute atomic E-state index is 0.0594. The van der Waals surface area contributed by atoms with Crippen molar-refractivity contribution in [2.75, 3.05) is 19.8 Å². The number of ether oxygens (including phenoxy) is 2. The van der Waals surface area contributed by atoms with Crippen LogP contribution in [0.15, 0.2) is 66.7 Å².